The molecule has 2 aromatic rings. The Morgan fingerprint density at radius 2 is 1.88 bits per heavy atom. The van der Waals surface area contributed by atoms with Gasteiger partial charge in [0.15, 0.2) is 5.82 Å². The van der Waals surface area contributed by atoms with Gasteiger partial charge < -0.3 is 9.47 Å². The van der Waals surface area contributed by atoms with Gasteiger partial charge in [-0.15, -0.1) is 6.42 Å². The predicted molar refractivity (Wildman–Crippen MR) is 90.7 cm³/mol. The predicted octanol–water partition coefficient (Wildman–Crippen LogP) is 4.95. The largest absolute Gasteiger partial charge is 0.457 e. The number of halogens is 1. The first-order valence-electron chi connectivity index (χ1n) is 7.31. The molecule has 0 fully saturated rings. The Balaban J connectivity index is 2.09. The van der Waals surface area contributed by atoms with Crippen molar-refractivity contribution < 1.29 is 18.7 Å². The number of hydrogen-bond donors (Lipinski definition) is 1. The zero-order chi connectivity index (χ0) is 17.7. The van der Waals surface area contributed by atoms with Crippen molar-refractivity contribution in [3.8, 4) is 23.8 Å². The molecule has 2 aromatic carbocycles. The highest BCUT2D eigenvalue weighted by atomic mass is 19.1. The standard InChI is InChI=1S/C19H18FNO3/c1-5-13-7-6-8-14(11-13)23-15-9-10-17(16(20)12-15)21-18(22)24-19(2,3)4/h1,6-12H,2-4H3,(H,21,22). The highest BCUT2D eigenvalue weighted by Crippen LogP contribution is 2.26. The van der Waals surface area contributed by atoms with E-state index >= 15 is 0 Å². The number of terminal acetylenes is 1. The minimum absolute atomic E-state index is 0.00831. The van der Waals surface area contributed by atoms with Crippen molar-refractivity contribution in [1.82, 2.24) is 0 Å². The summed E-state index contributed by atoms with van der Waals surface area (Å²) in [5.41, 5.74) is 0.0104. The van der Waals surface area contributed by atoms with Gasteiger partial charge in [0.1, 0.15) is 17.1 Å². The first-order valence-corrected chi connectivity index (χ1v) is 7.31. The molecule has 0 aromatic heterocycles. The third-order valence-corrected chi connectivity index (χ3v) is 2.81. The van der Waals surface area contributed by atoms with Crippen molar-refractivity contribution in [2.24, 2.45) is 0 Å². The van der Waals surface area contributed by atoms with Gasteiger partial charge in [-0.1, -0.05) is 12.0 Å². The zero-order valence-electron chi connectivity index (χ0n) is 13.7. The number of benzene rings is 2. The number of ether oxygens (including phenoxy) is 2. The number of nitrogens with one attached hydrogen (secondary N) is 1. The topological polar surface area (TPSA) is 47.6 Å². The molecule has 0 saturated heterocycles. The number of amides is 1. The number of anilines is 1. The Labute approximate surface area is 140 Å². The van der Waals surface area contributed by atoms with Crippen LogP contribution in [0.3, 0.4) is 0 Å². The summed E-state index contributed by atoms with van der Waals surface area (Å²) >= 11 is 0. The molecular weight excluding hydrogens is 309 g/mol. The fourth-order valence-corrected chi connectivity index (χ4v) is 1.86. The van der Waals surface area contributed by atoms with Crippen LogP contribution in [0.15, 0.2) is 42.5 Å². The van der Waals surface area contributed by atoms with Crippen LogP contribution in [0, 0.1) is 18.2 Å². The number of rotatable bonds is 3. The average Bonchev–Trinajstić information content (AvgIpc) is 2.48. The quantitative estimate of drug-likeness (QED) is 0.812. The van der Waals surface area contributed by atoms with Crippen LogP contribution in [0.4, 0.5) is 14.9 Å². The molecule has 0 atom stereocenters. The summed E-state index contributed by atoms with van der Waals surface area (Å²) in [5, 5.41) is 2.36. The van der Waals surface area contributed by atoms with Gasteiger partial charge in [0.25, 0.3) is 0 Å². The summed E-state index contributed by atoms with van der Waals surface area (Å²) in [7, 11) is 0. The molecule has 1 N–H and O–H groups in total. The first kappa shape index (κ1) is 17.4. The fraction of sp³-hybridized carbons (Fsp3) is 0.211. The summed E-state index contributed by atoms with van der Waals surface area (Å²) in [5.74, 6) is 2.65. The number of carbonyl (C=O) groups excluding carboxylic acids is 1. The van der Waals surface area contributed by atoms with E-state index < -0.39 is 17.5 Å². The van der Waals surface area contributed by atoms with E-state index in [1.54, 1.807) is 51.1 Å². The second-order valence-corrected chi connectivity index (χ2v) is 6.04. The minimum atomic E-state index is -0.725. The van der Waals surface area contributed by atoms with Crippen LogP contribution in [-0.4, -0.2) is 11.7 Å². The molecule has 4 nitrogen and oxygen atoms in total. The number of carbonyl (C=O) groups is 1. The molecule has 24 heavy (non-hydrogen) atoms. The third-order valence-electron chi connectivity index (χ3n) is 2.81. The molecule has 0 aliphatic heterocycles. The Hall–Kier alpha value is -3.00. The van der Waals surface area contributed by atoms with Crippen LogP contribution in [0.1, 0.15) is 26.3 Å². The smallest absolute Gasteiger partial charge is 0.412 e. The lowest BCUT2D eigenvalue weighted by atomic mass is 10.2. The van der Waals surface area contributed by atoms with Gasteiger partial charge in [0.2, 0.25) is 0 Å². The summed E-state index contributed by atoms with van der Waals surface area (Å²) in [6.45, 7) is 5.18. The van der Waals surface area contributed by atoms with Crippen LogP contribution in [0.2, 0.25) is 0 Å². The van der Waals surface area contributed by atoms with E-state index in [2.05, 4.69) is 11.2 Å². The van der Waals surface area contributed by atoms with Crippen molar-refractivity contribution in [1.29, 1.82) is 0 Å². The van der Waals surface area contributed by atoms with E-state index in [1.807, 2.05) is 0 Å². The monoisotopic (exact) mass is 327 g/mol. The normalized spacial score (nSPS) is 10.6. The maximum absolute atomic E-state index is 14.1. The van der Waals surface area contributed by atoms with Gasteiger partial charge in [0, 0.05) is 11.6 Å². The molecule has 0 aliphatic rings. The van der Waals surface area contributed by atoms with Crippen LogP contribution in [0.5, 0.6) is 11.5 Å². The third kappa shape index (κ3) is 5.03. The van der Waals surface area contributed by atoms with Crippen LogP contribution in [-0.2, 0) is 4.74 Å². The maximum atomic E-state index is 14.1. The van der Waals surface area contributed by atoms with E-state index in [-0.39, 0.29) is 11.4 Å². The van der Waals surface area contributed by atoms with E-state index in [1.165, 1.54) is 12.1 Å². The summed E-state index contributed by atoms with van der Waals surface area (Å²) in [4.78, 5) is 11.7. The highest BCUT2D eigenvalue weighted by molar-refractivity contribution is 5.85. The lowest BCUT2D eigenvalue weighted by Gasteiger charge is -2.19. The molecule has 124 valence electrons. The molecule has 0 radical (unpaired) electrons. The molecule has 2 rings (SSSR count). The van der Waals surface area contributed by atoms with Gasteiger partial charge in [-0.05, 0) is 51.1 Å². The first-order chi connectivity index (χ1) is 11.3. The Morgan fingerprint density at radius 3 is 2.50 bits per heavy atom. The highest BCUT2D eigenvalue weighted by Gasteiger charge is 2.17. The molecule has 0 saturated carbocycles. The van der Waals surface area contributed by atoms with E-state index in [0.29, 0.717) is 11.3 Å². The average molecular weight is 327 g/mol. The van der Waals surface area contributed by atoms with Crippen molar-refractivity contribution >= 4 is 11.8 Å². The second-order valence-electron chi connectivity index (χ2n) is 6.04. The van der Waals surface area contributed by atoms with Crippen molar-refractivity contribution in [3.63, 3.8) is 0 Å². The Morgan fingerprint density at radius 1 is 1.17 bits per heavy atom. The summed E-state index contributed by atoms with van der Waals surface area (Å²) < 4.78 is 24.8. The lowest BCUT2D eigenvalue weighted by molar-refractivity contribution is 0.0635. The maximum Gasteiger partial charge on any atom is 0.412 e. The molecule has 0 heterocycles. The van der Waals surface area contributed by atoms with Crippen molar-refractivity contribution in [2.75, 3.05) is 5.32 Å². The van der Waals surface area contributed by atoms with Gasteiger partial charge >= 0.3 is 6.09 Å². The molecule has 0 unspecified atom stereocenters. The van der Waals surface area contributed by atoms with Crippen LogP contribution >= 0.6 is 0 Å². The molecular formula is C19H18FNO3. The summed E-state index contributed by atoms with van der Waals surface area (Å²) in [6.07, 6.45) is 4.60. The van der Waals surface area contributed by atoms with E-state index in [0.717, 1.165) is 0 Å². The summed E-state index contributed by atoms with van der Waals surface area (Å²) in [6, 6.07) is 11.0. The fourth-order valence-electron chi connectivity index (χ4n) is 1.86. The molecule has 0 aliphatic carbocycles. The van der Waals surface area contributed by atoms with Gasteiger partial charge in [-0.25, -0.2) is 9.18 Å². The van der Waals surface area contributed by atoms with Crippen molar-refractivity contribution in [2.45, 2.75) is 26.4 Å². The second kappa shape index (κ2) is 7.05. The molecule has 5 heteroatoms. The molecule has 1 amide bonds. The zero-order valence-corrected chi connectivity index (χ0v) is 13.7. The van der Waals surface area contributed by atoms with Gasteiger partial charge in [0.05, 0.1) is 5.69 Å². The van der Waals surface area contributed by atoms with E-state index in [4.69, 9.17) is 15.9 Å². The van der Waals surface area contributed by atoms with Crippen molar-refractivity contribution in [3.05, 3.63) is 53.8 Å². The Kier molecular flexibility index (Phi) is 5.10. The number of hydrogen-bond acceptors (Lipinski definition) is 3. The lowest BCUT2D eigenvalue weighted by Crippen LogP contribution is -2.27. The Bertz CT molecular complexity index is 788. The molecule has 0 bridgehead atoms. The van der Waals surface area contributed by atoms with Gasteiger partial charge in [-0.2, -0.15) is 0 Å². The van der Waals surface area contributed by atoms with Gasteiger partial charge in [-0.3, -0.25) is 5.32 Å². The molecule has 0 spiro atoms. The van der Waals surface area contributed by atoms with Crippen LogP contribution in [0.25, 0.3) is 0 Å². The van der Waals surface area contributed by atoms with Crippen LogP contribution < -0.4 is 10.1 Å². The van der Waals surface area contributed by atoms with E-state index in [9.17, 15) is 9.18 Å². The SMILES string of the molecule is C#Cc1cccc(Oc2ccc(NC(=O)OC(C)(C)C)c(F)c2)c1. The minimum Gasteiger partial charge on any atom is -0.457 e.